The molecular weight excluding hydrogens is 384 g/mol. The highest BCUT2D eigenvalue weighted by molar-refractivity contribution is 5.69. The molecule has 0 aromatic rings. The normalized spacial score (nSPS) is 12.1. The van der Waals surface area contributed by atoms with Gasteiger partial charge in [-0.3, -0.25) is 9.59 Å². The molecule has 0 saturated heterocycles. The van der Waals surface area contributed by atoms with Crippen molar-refractivity contribution in [1.82, 2.24) is 0 Å². The Labute approximate surface area is 194 Å². The highest BCUT2D eigenvalue weighted by Gasteiger charge is 2.14. The molecule has 1 radical (unpaired) electrons. The number of esters is 1. The number of hydrogen-bond donors (Lipinski definition) is 0. The summed E-state index contributed by atoms with van der Waals surface area (Å²) in [6.07, 6.45) is 28.7. The highest BCUT2D eigenvalue weighted by Crippen LogP contribution is 2.15. The fraction of sp³-hybridized carbons (Fsp3) is 0.929. The number of unbranched alkanes of at least 4 members (excludes halogenated alkanes) is 18. The van der Waals surface area contributed by atoms with Gasteiger partial charge in [0.15, 0.2) is 0 Å². The van der Waals surface area contributed by atoms with E-state index in [1.807, 2.05) is 6.29 Å². The van der Waals surface area contributed by atoms with E-state index in [2.05, 4.69) is 13.8 Å². The van der Waals surface area contributed by atoms with Crippen molar-refractivity contribution < 1.29 is 14.3 Å². The molecule has 0 fully saturated rings. The third-order valence-electron chi connectivity index (χ3n) is 6.22. The average Bonchev–Trinajstić information content (AvgIpc) is 2.76. The van der Waals surface area contributed by atoms with Crippen LogP contribution in [0.5, 0.6) is 0 Å². The van der Waals surface area contributed by atoms with Crippen LogP contribution in [0, 0.1) is 0 Å². The molecular formula is C28H53O3. The quantitative estimate of drug-likeness (QED) is 0.106. The summed E-state index contributed by atoms with van der Waals surface area (Å²) >= 11 is 0. The Bertz CT molecular complexity index is 380. The minimum Gasteiger partial charge on any atom is -0.462 e. The average molecular weight is 438 g/mol. The molecule has 3 nitrogen and oxygen atoms in total. The van der Waals surface area contributed by atoms with Gasteiger partial charge in [-0.1, -0.05) is 129 Å². The summed E-state index contributed by atoms with van der Waals surface area (Å²) in [4.78, 5) is 22.9. The highest BCUT2D eigenvalue weighted by atomic mass is 16.5. The molecule has 0 aromatic carbocycles. The van der Waals surface area contributed by atoms with Gasteiger partial charge in [-0.05, 0) is 19.3 Å². The van der Waals surface area contributed by atoms with E-state index in [1.54, 1.807) is 0 Å². The summed E-state index contributed by atoms with van der Waals surface area (Å²) in [6.45, 7) is 4.50. The summed E-state index contributed by atoms with van der Waals surface area (Å²) in [7, 11) is 0. The maximum Gasteiger partial charge on any atom is 0.306 e. The fourth-order valence-electron chi connectivity index (χ4n) is 4.16. The van der Waals surface area contributed by atoms with E-state index < -0.39 is 0 Å². The zero-order valence-electron chi connectivity index (χ0n) is 21.1. The van der Waals surface area contributed by atoms with E-state index in [0.29, 0.717) is 6.42 Å². The Morgan fingerprint density at radius 2 is 1.00 bits per heavy atom. The molecule has 31 heavy (non-hydrogen) atoms. The first-order chi connectivity index (χ1) is 15.2. The Balaban J connectivity index is 3.56. The van der Waals surface area contributed by atoms with Crippen LogP contribution in [0.1, 0.15) is 162 Å². The summed E-state index contributed by atoms with van der Waals surface area (Å²) in [5.41, 5.74) is 0. The van der Waals surface area contributed by atoms with E-state index in [0.717, 1.165) is 32.1 Å². The first-order valence-electron chi connectivity index (χ1n) is 13.8. The van der Waals surface area contributed by atoms with Gasteiger partial charge in [0, 0.05) is 6.42 Å². The molecule has 0 N–H and O–H groups in total. The predicted molar refractivity (Wildman–Crippen MR) is 133 cm³/mol. The number of rotatable bonds is 25. The number of hydrogen-bond acceptors (Lipinski definition) is 3. The van der Waals surface area contributed by atoms with Crippen LogP contribution in [0.3, 0.4) is 0 Å². The van der Waals surface area contributed by atoms with Crippen molar-refractivity contribution in [3.05, 3.63) is 0 Å². The third-order valence-corrected chi connectivity index (χ3v) is 6.22. The monoisotopic (exact) mass is 437 g/mol. The van der Waals surface area contributed by atoms with Crippen LogP contribution in [-0.4, -0.2) is 18.4 Å². The smallest absolute Gasteiger partial charge is 0.306 e. The molecule has 0 aliphatic rings. The predicted octanol–water partition coefficient (Wildman–Crippen LogP) is 9.02. The van der Waals surface area contributed by atoms with Crippen molar-refractivity contribution in [1.29, 1.82) is 0 Å². The van der Waals surface area contributed by atoms with Gasteiger partial charge in [-0.25, -0.2) is 0 Å². The Morgan fingerprint density at radius 1 is 0.613 bits per heavy atom. The summed E-state index contributed by atoms with van der Waals surface area (Å²) in [5, 5.41) is 0. The maximum absolute atomic E-state index is 12.1. The van der Waals surface area contributed by atoms with Gasteiger partial charge in [-0.15, -0.1) is 0 Å². The van der Waals surface area contributed by atoms with Crippen LogP contribution in [0.2, 0.25) is 0 Å². The zero-order chi connectivity index (χ0) is 22.8. The molecule has 0 aliphatic heterocycles. The second kappa shape index (κ2) is 25.4. The molecule has 183 valence electrons. The lowest BCUT2D eigenvalue weighted by molar-refractivity contribution is -0.149. The molecule has 0 heterocycles. The zero-order valence-corrected chi connectivity index (χ0v) is 21.1. The molecule has 0 aliphatic carbocycles. The second-order valence-corrected chi connectivity index (χ2v) is 9.36. The maximum atomic E-state index is 12.1. The summed E-state index contributed by atoms with van der Waals surface area (Å²) in [5.74, 6) is -0.133. The number of carbonyl (C=O) groups excluding carboxylic acids is 2. The molecule has 0 saturated carbocycles. The van der Waals surface area contributed by atoms with Crippen LogP contribution in [-0.2, 0) is 14.3 Å². The first-order valence-corrected chi connectivity index (χ1v) is 13.8. The van der Waals surface area contributed by atoms with Crippen LogP contribution >= 0.6 is 0 Å². The van der Waals surface area contributed by atoms with Gasteiger partial charge in [0.05, 0.1) is 6.42 Å². The molecule has 1 atom stereocenters. The van der Waals surface area contributed by atoms with Crippen molar-refractivity contribution in [2.45, 2.75) is 168 Å². The van der Waals surface area contributed by atoms with E-state index in [4.69, 9.17) is 4.74 Å². The number of carbonyl (C=O) groups is 1. The van der Waals surface area contributed by atoms with Gasteiger partial charge in [0.25, 0.3) is 0 Å². The van der Waals surface area contributed by atoms with Crippen LogP contribution in [0.25, 0.3) is 0 Å². The van der Waals surface area contributed by atoms with Gasteiger partial charge in [-0.2, -0.15) is 0 Å². The topological polar surface area (TPSA) is 43.4 Å². The summed E-state index contributed by atoms with van der Waals surface area (Å²) in [6, 6.07) is 0. The minimum absolute atomic E-state index is 0.133. The lowest BCUT2D eigenvalue weighted by Gasteiger charge is -2.15. The van der Waals surface area contributed by atoms with E-state index >= 15 is 0 Å². The lowest BCUT2D eigenvalue weighted by Crippen LogP contribution is -2.18. The van der Waals surface area contributed by atoms with Gasteiger partial charge < -0.3 is 4.74 Å². The van der Waals surface area contributed by atoms with E-state index in [1.165, 1.54) is 103 Å². The molecule has 1 unspecified atom stereocenters. The van der Waals surface area contributed by atoms with Gasteiger partial charge in [0.1, 0.15) is 6.10 Å². The Morgan fingerprint density at radius 3 is 1.42 bits per heavy atom. The van der Waals surface area contributed by atoms with Crippen molar-refractivity contribution in [2.24, 2.45) is 0 Å². The van der Waals surface area contributed by atoms with Gasteiger partial charge >= 0.3 is 5.97 Å². The van der Waals surface area contributed by atoms with Gasteiger partial charge in [0.2, 0.25) is 6.29 Å². The van der Waals surface area contributed by atoms with Crippen molar-refractivity contribution in [3.63, 3.8) is 0 Å². The lowest BCUT2D eigenvalue weighted by atomic mass is 10.0. The fourth-order valence-corrected chi connectivity index (χ4v) is 4.16. The Hall–Kier alpha value is -0.860. The molecule has 0 rings (SSSR count). The van der Waals surface area contributed by atoms with Crippen LogP contribution in [0.4, 0.5) is 0 Å². The standard InChI is InChI=1S/C28H53O3/c1-3-5-7-9-11-13-14-15-16-18-20-22-24-28(30)31-27(25-26-29)23-21-19-17-12-10-8-6-4-2/h27H,3-25H2,1-2H3. The summed E-state index contributed by atoms with van der Waals surface area (Å²) < 4.78 is 5.55. The Kier molecular flexibility index (Phi) is 24.7. The van der Waals surface area contributed by atoms with E-state index in [-0.39, 0.29) is 18.5 Å². The third kappa shape index (κ3) is 23.6. The molecule has 0 spiro atoms. The number of ether oxygens (including phenoxy) is 1. The molecule has 0 amide bonds. The largest absolute Gasteiger partial charge is 0.462 e. The second-order valence-electron chi connectivity index (χ2n) is 9.36. The minimum atomic E-state index is -0.262. The van der Waals surface area contributed by atoms with Crippen molar-refractivity contribution in [2.75, 3.05) is 0 Å². The van der Waals surface area contributed by atoms with E-state index in [9.17, 15) is 9.59 Å². The van der Waals surface area contributed by atoms with Crippen molar-refractivity contribution in [3.8, 4) is 0 Å². The molecule has 0 bridgehead atoms. The SMILES string of the molecule is CCCCCCCCCCCCCCC(=O)OC(C[C]=O)CCCCCCCCCC. The van der Waals surface area contributed by atoms with Crippen LogP contribution in [0.15, 0.2) is 0 Å². The van der Waals surface area contributed by atoms with Crippen molar-refractivity contribution >= 4 is 12.3 Å². The molecule has 0 aromatic heterocycles. The molecule has 3 heteroatoms. The first kappa shape index (κ1) is 30.1. The van der Waals surface area contributed by atoms with Crippen LogP contribution < -0.4 is 0 Å².